The molecule has 3 aromatic rings. The molecule has 3 amide bonds. The van der Waals surface area contributed by atoms with E-state index >= 15 is 0 Å². The van der Waals surface area contributed by atoms with Crippen molar-refractivity contribution in [2.75, 3.05) is 11.1 Å². The van der Waals surface area contributed by atoms with E-state index in [-0.39, 0.29) is 24.1 Å². The molecule has 33 heavy (non-hydrogen) atoms. The molecule has 0 aliphatic carbocycles. The van der Waals surface area contributed by atoms with E-state index in [4.69, 9.17) is 5.73 Å². The summed E-state index contributed by atoms with van der Waals surface area (Å²) >= 11 is 1.18. The van der Waals surface area contributed by atoms with Crippen molar-refractivity contribution in [2.24, 2.45) is 5.73 Å². The van der Waals surface area contributed by atoms with Crippen molar-refractivity contribution in [1.29, 1.82) is 0 Å². The zero-order valence-corrected chi connectivity index (χ0v) is 19.5. The summed E-state index contributed by atoms with van der Waals surface area (Å²) in [5.41, 5.74) is 10.3. The Morgan fingerprint density at radius 2 is 1.85 bits per heavy atom. The Balaban J connectivity index is 1.58. The maximum absolute atomic E-state index is 12.4. The Bertz CT molecular complexity index is 1200. The van der Waals surface area contributed by atoms with Crippen LogP contribution in [0.1, 0.15) is 43.1 Å². The number of hydrogen-bond donors (Lipinski definition) is 3. The minimum absolute atomic E-state index is 0.0899. The number of anilines is 1. The zero-order valence-electron chi connectivity index (χ0n) is 18.6. The van der Waals surface area contributed by atoms with E-state index in [9.17, 15) is 14.4 Å². The number of nitrogens with zero attached hydrogens (tertiary/aromatic N) is 2. The molecule has 4 N–H and O–H groups in total. The van der Waals surface area contributed by atoms with Crippen LogP contribution < -0.4 is 16.4 Å². The van der Waals surface area contributed by atoms with Gasteiger partial charge in [-0.3, -0.25) is 19.4 Å². The first-order valence-corrected chi connectivity index (χ1v) is 11.2. The molecule has 0 aliphatic heterocycles. The highest BCUT2D eigenvalue weighted by atomic mass is 32.2. The average Bonchev–Trinajstić information content (AvgIpc) is 2.80. The van der Waals surface area contributed by atoms with Gasteiger partial charge in [-0.15, -0.1) is 0 Å². The third-order valence-corrected chi connectivity index (χ3v) is 6.12. The van der Waals surface area contributed by atoms with Crippen LogP contribution >= 0.6 is 11.8 Å². The molecule has 0 unspecified atom stereocenters. The first kappa shape index (κ1) is 23.9. The van der Waals surface area contributed by atoms with Gasteiger partial charge in [0.05, 0.1) is 16.9 Å². The number of hydrogen-bond acceptors (Lipinski definition) is 6. The van der Waals surface area contributed by atoms with E-state index in [1.807, 2.05) is 26.8 Å². The molecule has 0 saturated heterocycles. The normalized spacial score (nSPS) is 10.5. The van der Waals surface area contributed by atoms with Crippen LogP contribution in [0.15, 0.2) is 53.8 Å². The number of aromatic nitrogens is 2. The summed E-state index contributed by atoms with van der Waals surface area (Å²) in [5.74, 6) is -0.941. The van der Waals surface area contributed by atoms with Crippen LogP contribution in [0.2, 0.25) is 0 Å². The number of pyridine rings is 2. The van der Waals surface area contributed by atoms with Crippen molar-refractivity contribution in [1.82, 2.24) is 15.3 Å². The molecule has 170 valence electrons. The molecule has 2 aromatic heterocycles. The maximum Gasteiger partial charge on any atom is 0.257 e. The molecule has 0 spiro atoms. The maximum atomic E-state index is 12.4. The Morgan fingerprint density at radius 3 is 2.55 bits per heavy atom. The van der Waals surface area contributed by atoms with E-state index in [1.165, 1.54) is 18.0 Å². The number of nitrogens with two attached hydrogens (primary N) is 1. The Morgan fingerprint density at radius 1 is 1.06 bits per heavy atom. The van der Waals surface area contributed by atoms with E-state index in [1.54, 1.807) is 36.5 Å². The SMILES string of the molecule is Cc1nc(SCC(=O)NCc2cccc(NC(=O)c3cccnc3)c2)c(C(N)=O)c(C)c1C. The van der Waals surface area contributed by atoms with Gasteiger partial charge in [-0.1, -0.05) is 23.9 Å². The van der Waals surface area contributed by atoms with Crippen molar-refractivity contribution < 1.29 is 14.4 Å². The van der Waals surface area contributed by atoms with Crippen LogP contribution in [0.4, 0.5) is 5.69 Å². The van der Waals surface area contributed by atoms with Crippen molar-refractivity contribution in [3.63, 3.8) is 0 Å². The van der Waals surface area contributed by atoms with E-state index in [0.29, 0.717) is 21.8 Å². The molecule has 1 aromatic carbocycles. The Hall–Kier alpha value is -3.72. The van der Waals surface area contributed by atoms with Crippen LogP contribution in [-0.2, 0) is 11.3 Å². The van der Waals surface area contributed by atoms with Gasteiger partial charge < -0.3 is 16.4 Å². The topological polar surface area (TPSA) is 127 Å². The predicted octanol–water partition coefficient (Wildman–Crippen LogP) is 3.16. The molecule has 0 atom stereocenters. The third-order valence-electron chi connectivity index (χ3n) is 5.15. The molecular weight excluding hydrogens is 438 g/mol. The molecule has 8 nitrogen and oxygen atoms in total. The fraction of sp³-hybridized carbons (Fsp3) is 0.208. The number of aryl methyl sites for hydroxylation is 1. The highest BCUT2D eigenvalue weighted by Gasteiger charge is 2.18. The first-order chi connectivity index (χ1) is 15.8. The fourth-order valence-corrected chi connectivity index (χ4v) is 4.12. The van der Waals surface area contributed by atoms with Crippen LogP contribution in [0, 0.1) is 20.8 Å². The van der Waals surface area contributed by atoms with Gasteiger partial charge in [0.2, 0.25) is 5.91 Å². The van der Waals surface area contributed by atoms with E-state index < -0.39 is 5.91 Å². The summed E-state index contributed by atoms with van der Waals surface area (Å²) in [6, 6.07) is 10.6. The number of primary amides is 1. The minimum atomic E-state index is -0.559. The largest absolute Gasteiger partial charge is 0.366 e. The summed E-state index contributed by atoms with van der Waals surface area (Å²) in [5, 5.41) is 6.12. The van der Waals surface area contributed by atoms with E-state index in [0.717, 1.165) is 22.4 Å². The van der Waals surface area contributed by atoms with Crippen LogP contribution in [-0.4, -0.2) is 33.4 Å². The lowest BCUT2D eigenvalue weighted by Gasteiger charge is -2.13. The number of benzene rings is 1. The number of rotatable bonds is 8. The fourth-order valence-electron chi connectivity index (χ4n) is 3.15. The monoisotopic (exact) mass is 463 g/mol. The number of amides is 3. The summed E-state index contributed by atoms with van der Waals surface area (Å²) in [4.78, 5) is 45.0. The van der Waals surface area contributed by atoms with Gasteiger partial charge in [-0.2, -0.15) is 0 Å². The molecule has 0 fully saturated rings. The van der Waals surface area contributed by atoms with Crippen molar-refractivity contribution in [3.05, 3.63) is 82.3 Å². The van der Waals surface area contributed by atoms with Gasteiger partial charge in [0.15, 0.2) is 0 Å². The summed E-state index contributed by atoms with van der Waals surface area (Å²) < 4.78 is 0. The zero-order chi connectivity index (χ0) is 24.0. The molecule has 0 saturated carbocycles. The Kier molecular flexibility index (Phi) is 7.78. The number of carbonyl (C=O) groups is 3. The summed E-state index contributed by atoms with van der Waals surface area (Å²) in [7, 11) is 0. The standard InChI is InChI=1S/C24H25N5O3S/c1-14-15(2)21(22(25)31)24(28-16(14)3)33-13-20(30)27-11-17-6-4-8-19(10-17)29-23(32)18-7-5-9-26-12-18/h4-10,12H,11,13H2,1-3H3,(H2,25,31)(H,27,30)(H,29,32). The van der Waals surface area contributed by atoms with E-state index in [2.05, 4.69) is 20.6 Å². The summed E-state index contributed by atoms with van der Waals surface area (Å²) in [6.07, 6.45) is 3.09. The minimum Gasteiger partial charge on any atom is -0.366 e. The molecule has 0 bridgehead atoms. The second-order valence-corrected chi connectivity index (χ2v) is 8.42. The molecule has 9 heteroatoms. The molecule has 0 aliphatic rings. The van der Waals surface area contributed by atoms with Crippen molar-refractivity contribution in [2.45, 2.75) is 32.3 Å². The van der Waals surface area contributed by atoms with Crippen LogP contribution in [0.25, 0.3) is 0 Å². The van der Waals surface area contributed by atoms with Crippen LogP contribution in [0.5, 0.6) is 0 Å². The molecule has 0 radical (unpaired) electrons. The molecule has 2 heterocycles. The average molecular weight is 464 g/mol. The third kappa shape index (κ3) is 6.17. The smallest absolute Gasteiger partial charge is 0.257 e. The molecule has 3 rings (SSSR count). The quantitative estimate of drug-likeness (QED) is 0.441. The lowest BCUT2D eigenvalue weighted by Crippen LogP contribution is -2.25. The first-order valence-electron chi connectivity index (χ1n) is 10.2. The van der Waals surface area contributed by atoms with Crippen molar-refractivity contribution in [3.8, 4) is 0 Å². The number of thioether (sulfide) groups is 1. The number of carbonyl (C=O) groups excluding carboxylic acids is 3. The van der Waals surface area contributed by atoms with Gasteiger partial charge in [-0.25, -0.2) is 4.98 Å². The molecular formula is C24H25N5O3S. The lowest BCUT2D eigenvalue weighted by molar-refractivity contribution is -0.118. The predicted molar refractivity (Wildman–Crippen MR) is 128 cm³/mol. The van der Waals surface area contributed by atoms with Gasteiger partial charge >= 0.3 is 0 Å². The van der Waals surface area contributed by atoms with Gasteiger partial charge in [0, 0.05) is 30.3 Å². The second-order valence-electron chi connectivity index (χ2n) is 7.45. The Labute approximate surface area is 196 Å². The second kappa shape index (κ2) is 10.7. The number of nitrogens with one attached hydrogen (secondary N) is 2. The highest BCUT2D eigenvalue weighted by Crippen LogP contribution is 2.26. The van der Waals surface area contributed by atoms with Gasteiger partial charge in [0.1, 0.15) is 5.03 Å². The van der Waals surface area contributed by atoms with Crippen molar-refractivity contribution >= 4 is 35.2 Å². The van der Waals surface area contributed by atoms with Gasteiger partial charge in [0.25, 0.3) is 11.8 Å². The highest BCUT2D eigenvalue weighted by molar-refractivity contribution is 8.00. The summed E-state index contributed by atoms with van der Waals surface area (Å²) in [6.45, 7) is 5.86. The lowest BCUT2D eigenvalue weighted by atomic mass is 10.0. The van der Waals surface area contributed by atoms with Gasteiger partial charge in [-0.05, 0) is 61.7 Å². The van der Waals surface area contributed by atoms with Crippen LogP contribution in [0.3, 0.4) is 0 Å².